The summed E-state index contributed by atoms with van der Waals surface area (Å²) in [5, 5.41) is 11.7. The molecule has 3 aromatic rings. The van der Waals surface area contributed by atoms with Gasteiger partial charge >= 0.3 is 6.09 Å². The number of aromatic nitrogens is 5. The van der Waals surface area contributed by atoms with Crippen LogP contribution < -0.4 is 11.1 Å². The number of nitrogens with two attached hydrogens (primary N) is 1. The lowest BCUT2D eigenvalue weighted by Gasteiger charge is -2.30. The summed E-state index contributed by atoms with van der Waals surface area (Å²) in [6.45, 7) is 5.59. The minimum atomic E-state index is -0.510. The molecule has 160 valence electrons. The monoisotopic (exact) mass is 411 g/mol. The third kappa shape index (κ3) is 4.24. The van der Waals surface area contributed by atoms with Crippen molar-refractivity contribution in [3.05, 3.63) is 30.4 Å². The summed E-state index contributed by atoms with van der Waals surface area (Å²) in [7, 11) is 1.88. The van der Waals surface area contributed by atoms with Gasteiger partial charge in [0.2, 0.25) is 0 Å². The number of nitrogens with one attached hydrogen (secondary N) is 1. The van der Waals surface area contributed by atoms with Crippen LogP contribution in [0.3, 0.4) is 0 Å². The van der Waals surface area contributed by atoms with Crippen LogP contribution in [0, 0.1) is 0 Å². The fourth-order valence-corrected chi connectivity index (χ4v) is 4.04. The molecule has 0 saturated heterocycles. The van der Waals surface area contributed by atoms with Gasteiger partial charge in [-0.1, -0.05) is 6.42 Å². The number of amides is 1. The van der Waals surface area contributed by atoms with E-state index in [1.807, 2.05) is 40.1 Å². The molecule has 1 saturated carbocycles. The van der Waals surface area contributed by atoms with Gasteiger partial charge in [-0.2, -0.15) is 14.7 Å². The van der Waals surface area contributed by atoms with Crippen molar-refractivity contribution in [3.63, 3.8) is 0 Å². The molecule has 1 aliphatic rings. The second-order valence-electron chi connectivity index (χ2n) is 9.01. The van der Waals surface area contributed by atoms with E-state index in [2.05, 4.69) is 15.5 Å². The molecule has 2 atom stereocenters. The highest BCUT2D eigenvalue weighted by atomic mass is 16.6. The molecule has 1 aliphatic carbocycles. The van der Waals surface area contributed by atoms with Crippen LogP contribution in [-0.2, 0) is 11.8 Å². The maximum Gasteiger partial charge on any atom is 0.407 e. The second kappa shape index (κ2) is 7.62. The highest BCUT2D eigenvalue weighted by Crippen LogP contribution is 2.34. The van der Waals surface area contributed by atoms with E-state index in [1.54, 1.807) is 21.6 Å². The van der Waals surface area contributed by atoms with Gasteiger partial charge in [0.25, 0.3) is 0 Å². The first kappa shape index (κ1) is 20.2. The zero-order valence-electron chi connectivity index (χ0n) is 17.9. The van der Waals surface area contributed by atoms with Crippen molar-refractivity contribution in [2.75, 3.05) is 5.73 Å². The van der Waals surface area contributed by atoms with Crippen LogP contribution in [0.4, 0.5) is 10.6 Å². The Kier molecular flexibility index (Phi) is 5.13. The Bertz CT molecular complexity index is 1060. The van der Waals surface area contributed by atoms with E-state index in [0.29, 0.717) is 5.82 Å². The zero-order chi connectivity index (χ0) is 21.5. The maximum absolute atomic E-state index is 12.2. The Morgan fingerprint density at radius 3 is 2.77 bits per heavy atom. The first-order valence-corrected chi connectivity index (χ1v) is 10.3. The largest absolute Gasteiger partial charge is 0.444 e. The quantitative estimate of drug-likeness (QED) is 0.684. The number of anilines is 1. The van der Waals surface area contributed by atoms with Crippen molar-refractivity contribution in [1.82, 2.24) is 29.7 Å². The van der Waals surface area contributed by atoms with Gasteiger partial charge < -0.3 is 15.8 Å². The molecule has 4 rings (SSSR count). The van der Waals surface area contributed by atoms with E-state index in [4.69, 9.17) is 15.5 Å². The Labute approximate surface area is 175 Å². The molecule has 0 bridgehead atoms. The molecule has 9 heteroatoms. The highest BCUT2D eigenvalue weighted by molar-refractivity contribution is 5.77. The summed E-state index contributed by atoms with van der Waals surface area (Å²) in [6.07, 6.45) is 8.88. The summed E-state index contributed by atoms with van der Waals surface area (Å²) in [4.78, 5) is 17.1. The Morgan fingerprint density at radius 1 is 1.27 bits per heavy atom. The molecule has 0 aromatic carbocycles. The smallest absolute Gasteiger partial charge is 0.407 e. The molecule has 0 aliphatic heterocycles. The number of rotatable bonds is 3. The molecular formula is C21H29N7O2. The molecule has 0 unspecified atom stereocenters. The fourth-order valence-electron chi connectivity index (χ4n) is 4.04. The Morgan fingerprint density at radius 2 is 2.07 bits per heavy atom. The number of alkyl carbamates (subject to hydrolysis) is 1. The van der Waals surface area contributed by atoms with E-state index in [1.165, 1.54) is 0 Å². The first-order valence-electron chi connectivity index (χ1n) is 10.3. The van der Waals surface area contributed by atoms with Crippen LogP contribution >= 0.6 is 0 Å². The number of ether oxygens (including phenoxy) is 1. The number of nitrogens with zero attached hydrogens (tertiary/aromatic N) is 5. The van der Waals surface area contributed by atoms with Crippen molar-refractivity contribution >= 4 is 17.6 Å². The van der Waals surface area contributed by atoms with E-state index in [9.17, 15) is 4.79 Å². The topological polar surface area (TPSA) is 112 Å². The van der Waals surface area contributed by atoms with Gasteiger partial charge in [0.1, 0.15) is 11.4 Å². The molecule has 3 N–H and O–H groups in total. The molecule has 3 aromatic heterocycles. The van der Waals surface area contributed by atoms with Crippen LogP contribution in [0.1, 0.15) is 58.1 Å². The lowest BCUT2D eigenvalue weighted by Crippen LogP contribution is -2.41. The Balaban J connectivity index is 1.57. The highest BCUT2D eigenvalue weighted by Gasteiger charge is 2.28. The number of nitrogen functional groups attached to an aromatic ring is 1. The summed E-state index contributed by atoms with van der Waals surface area (Å²) < 4.78 is 8.82. The predicted molar refractivity (Wildman–Crippen MR) is 114 cm³/mol. The van der Waals surface area contributed by atoms with Crippen LogP contribution in [0.2, 0.25) is 0 Å². The maximum atomic E-state index is 12.2. The summed E-state index contributed by atoms with van der Waals surface area (Å²) in [6, 6.07) is 1.95. The molecule has 9 nitrogen and oxygen atoms in total. The van der Waals surface area contributed by atoms with Crippen LogP contribution in [0.5, 0.6) is 0 Å². The van der Waals surface area contributed by atoms with Crippen LogP contribution in [-0.4, -0.2) is 42.1 Å². The van der Waals surface area contributed by atoms with Gasteiger partial charge in [-0.15, -0.1) is 0 Å². The van der Waals surface area contributed by atoms with Gasteiger partial charge in [0, 0.05) is 48.1 Å². The number of aryl methyl sites for hydroxylation is 1. The minimum Gasteiger partial charge on any atom is -0.444 e. The van der Waals surface area contributed by atoms with Crippen molar-refractivity contribution in [2.24, 2.45) is 7.05 Å². The van der Waals surface area contributed by atoms with Crippen LogP contribution in [0.15, 0.2) is 24.7 Å². The number of fused-ring (bicyclic) bond motifs is 1. The third-order valence-electron chi connectivity index (χ3n) is 5.35. The molecule has 0 radical (unpaired) electrons. The predicted octanol–water partition coefficient (Wildman–Crippen LogP) is 3.26. The van der Waals surface area contributed by atoms with Gasteiger partial charge in [-0.25, -0.2) is 9.78 Å². The number of carbonyl (C=O) groups excluding carboxylic acids is 1. The second-order valence-corrected chi connectivity index (χ2v) is 9.01. The molecule has 30 heavy (non-hydrogen) atoms. The summed E-state index contributed by atoms with van der Waals surface area (Å²) in [5.74, 6) is 0.759. The normalized spacial score (nSPS) is 19.7. The first-order chi connectivity index (χ1) is 14.2. The van der Waals surface area contributed by atoms with Crippen molar-refractivity contribution in [2.45, 2.75) is 64.0 Å². The molecular weight excluding hydrogens is 382 g/mol. The van der Waals surface area contributed by atoms with Gasteiger partial charge in [-0.3, -0.25) is 4.68 Å². The molecule has 1 fully saturated rings. The molecule has 0 spiro atoms. The fraction of sp³-hybridized carbons (Fsp3) is 0.524. The lowest BCUT2D eigenvalue weighted by atomic mass is 9.83. The van der Waals surface area contributed by atoms with E-state index < -0.39 is 5.60 Å². The summed E-state index contributed by atoms with van der Waals surface area (Å²) in [5.41, 5.74) is 9.29. The van der Waals surface area contributed by atoms with Gasteiger partial charge in [0.15, 0.2) is 5.65 Å². The van der Waals surface area contributed by atoms with Crippen LogP contribution in [0.25, 0.3) is 16.8 Å². The van der Waals surface area contributed by atoms with E-state index in [-0.39, 0.29) is 18.1 Å². The number of hydrogen-bond acceptors (Lipinski definition) is 6. The SMILES string of the molecule is Cn1cc(-c2cnn3c(N)cc([C@H]4CCC[C@@H](NC(=O)OC(C)(C)C)C4)nc23)cn1. The summed E-state index contributed by atoms with van der Waals surface area (Å²) >= 11 is 0. The third-order valence-corrected chi connectivity index (χ3v) is 5.35. The molecule has 3 heterocycles. The average Bonchev–Trinajstić information content (AvgIpc) is 3.26. The molecule has 1 amide bonds. The van der Waals surface area contributed by atoms with Crippen molar-refractivity contribution in [1.29, 1.82) is 0 Å². The van der Waals surface area contributed by atoms with E-state index >= 15 is 0 Å². The van der Waals surface area contributed by atoms with Crippen molar-refractivity contribution in [3.8, 4) is 11.1 Å². The van der Waals surface area contributed by atoms with Gasteiger partial charge in [0.05, 0.1) is 12.4 Å². The number of carbonyl (C=O) groups is 1. The van der Waals surface area contributed by atoms with E-state index in [0.717, 1.165) is 48.2 Å². The zero-order valence-corrected chi connectivity index (χ0v) is 17.9. The standard InChI is InChI=1S/C21H29N7O2/c1-21(2,3)30-20(29)25-15-7-5-6-13(8-15)17-9-18(22)28-19(26-17)16(11-24-28)14-10-23-27(4)12-14/h9-13,15H,5-8,22H2,1-4H3,(H,25,29)/t13-,15+/m0/s1. The lowest BCUT2D eigenvalue weighted by molar-refractivity contribution is 0.0490. The number of hydrogen-bond donors (Lipinski definition) is 2. The Hall–Kier alpha value is -3.10. The van der Waals surface area contributed by atoms with Gasteiger partial charge in [-0.05, 0) is 40.0 Å². The average molecular weight is 412 g/mol. The van der Waals surface area contributed by atoms with Crippen molar-refractivity contribution < 1.29 is 9.53 Å². The minimum absolute atomic E-state index is 0.0561.